The average Bonchev–Trinajstić information content (AvgIpc) is 3.36. The first-order valence-corrected chi connectivity index (χ1v) is 8.80. The van der Waals surface area contributed by atoms with E-state index in [4.69, 9.17) is 10.2 Å². The molecule has 0 radical (unpaired) electrons. The van der Waals surface area contributed by atoms with E-state index in [-0.39, 0.29) is 0 Å². The van der Waals surface area contributed by atoms with Gasteiger partial charge in [-0.1, -0.05) is 17.3 Å². The lowest BCUT2D eigenvalue weighted by Crippen LogP contribution is -2.17. The average molecular weight is 336 g/mol. The summed E-state index contributed by atoms with van der Waals surface area (Å²) < 4.78 is 1.79. The van der Waals surface area contributed by atoms with Crippen LogP contribution in [0.3, 0.4) is 0 Å². The van der Waals surface area contributed by atoms with Crippen LogP contribution in [0.15, 0.2) is 35.8 Å². The van der Waals surface area contributed by atoms with Gasteiger partial charge in [0, 0.05) is 24.0 Å². The van der Waals surface area contributed by atoms with Crippen LogP contribution in [-0.2, 0) is 6.54 Å². The first kappa shape index (κ1) is 14.8. The number of rotatable bonds is 4. The molecule has 1 saturated heterocycles. The fraction of sp³-hybridized carbons (Fsp3) is 0.294. The summed E-state index contributed by atoms with van der Waals surface area (Å²) in [7, 11) is 0. The van der Waals surface area contributed by atoms with Crippen molar-refractivity contribution in [2.75, 3.05) is 18.0 Å². The molecule has 6 nitrogen and oxygen atoms in total. The molecule has 0 N–H and O–H groups in total. The van der Waals surface area contributed by atoms with Crippen molar-refractivity contribution in [1.29, 1.82) is 5.26 Å². The number of nitriles is 1. The Bertz CT molecular complexity index is 884. The molecule has 3 aromatic rings. The Hall–Kier alpha value is -2.72. The first-order valence-electron chi connectivity index (χ1n) is 7.92. The van der Waals surface area contributed by atoms with Gasteiger partial charge in [0.05, 0.1) is 30.1 Å². The van der Waals surface area contributed by atoms with Gasteiger partial charge in [-0.05, 0) is 25.0 Å². The summed E-state index contributed by atoms with van der Waals surface area (Å²) in [5, 5.41) is 20.6. The molecule has 0 atom stereocenters. The molecule has 0 aliphatic carbocycles. The van der Waals surface area contributed by atoms with Crippen molar-refractivity contribution in [3.8, 4) is 17.3 Å². The molecule has 4 rings (SSSR count). The maximum atomic E-state index is 9.00. The van der Waals surface area contributed by atoms with Crippen LogP contribution in [-0.4, -0.2) is 33.1 Å². The van der Waals surface area contributed by atoms with Crippen LogP contribution in [0, 0.1) is 11.3 Å². The van der Waals surface area contributed by atoms with Crippen molar-refractivity contribution >= 4 is 16.5 Å². The second-order valence-electron chi connectivity index (χ2n) is 5.81. The summed E-state index contributed by atoms with van der Waals surface area (Å²) in [6, 6.07) is 9.54. The van der Waals surface area contributed by atoms with Crippen molar-refractivity contribution in [2.24, 2.45) is 0 Å². The number of anilines is 1. The molecule has 24 heavy (non-hydrogen) atoms. The topological polar surface area (TPSA) is 70.6 Å². The van der Waals surface area contributed by atoms with Gasteiger partial charge >= 0.3 is 0 Å². The fourth-order valence-electron chi connectivity index (χ4n) is 2.84. The lowest BCUT2D eigenvalue weighted by atomic mass is 10.1. The third-order valence-corrected chi connectivity index (χ3v) is 5.02. The summed E-state index contributed by atoms with van der Waals surface area (Å²) in [6.07, 6.45) is 4.40. The minimum absolute atomic E-state index is 0.606. The molecule has 1 aliphatic rings. The lowest BCUT2D eigenvalue weighted by molar-refractivity contribution is 0.640. The highest BCUT2D eigenvalue weighted by Gasteiger charge is 2.16. The Morgan fingerprint density at radius 2 is 2.12 bits per heavy atom. The van der Waals surface area contributed by atoms with E-state index in [0.29, 0.717) is 12.1 Å². The Morgan fingerprint density at radius 3 is 2.96 bits per heavy atom. The van der Waals surface area contributed by atoms with Crippen molar-refractivity contribution in [3.63, 3.8) is 0 Å². The molecular formula is C17H16N6S. The van der Waals surface area contributed by atoms with E-state index in [0.717, 1.165) is 35.2 Å². The molecule has 0 unspecified atom stereocenters. The van der Waals surface area contributed by atoms with Crippen LogP contribution >= 0.6 is 11.3 Å². The van der Waals surface area contributed by atoms with Gasteiger partial charge in [-0.2, -0.15) is 5.26 Å². The Morgan fingerprint density at radius 1 is 1.25 bits per heavy atom. The van der Waals surface area contributed by atoms with Gasteiger partial charge < -0.3 is 4.90 Å². The summed E-state index contributed by atoms with van der Waals surface area (Å²) in [5.41, 5.74) is 3.29. The smallest absolute Gasteiger partial charge is 0.185 e. The molecule has 7 heteroatoms. The molecule has 1 aromatic carbocycles. The summed E-state index contributed by atoms with van der Waals surface area (Å²) in [5.74, 6) is 0. The van der Waals surface area contributed by atoms with E-state index in [2.05, 4.69) is 26.7 Å². The number of aromatic nitrogens is 4. The largest absolute Gasteiger partial charge is 0.348 e. The van der Waals surface area contributed by atoms with E-state index in [9.17, 15) is 0 Å². The second kappa shape index (κ2) is 6.42. The maximum Gasteiger partial charge on any atom is 0.185 e. The molecule has 1 aliphatic heterocycles. The SMILES string of the molecule is N#Cc1cccc(-c2cn(Cc3csc(N4CCCC4)n3)nn2)c1. The Kier molecular flexibility index (Phi) is 3.97. The van der Waals surface area contributed by atoms with E-state index in [1.807, 2.05) is 24.4 Å². The Labute approximate surface area is 144 Å². The second-order valence-corrected chi connectivity index (χ2v) is 6.65. The van der Waals surface area contributed by atoms with Crippen LogP contribution in [0.4, 0.5) is 5.13 Å². The highest BCUT2D eigenvalue weighted by Crippen LogP contribution is 2.25. The monoisotopic (exact) mass is 336 g/mol. The number of hydrogen-bond acceptors (Lipinski definition) is 6. The molecule has 0 bridgehead atoms. The first-order chi connectivity index (χ1) is 11.8. The highest BCUT2D eigenvalue weighted by molar-refractivity contribution is 7.13. The fourth-order valence-corrected chi connectivity index (χ4v) is 3.71. The molecule has 1 fully saturated rings. The zero-order valence-electron chi connectivity index (χ0n) is 13.1. The van der Waals surface area contributed by atoms with E-state index < -0.39 is 0 Å². The van der Waals surface area contributed by atoms with Gasteiger partial charge in [-0.25, -0.2) is 9.67 Å². The van der Waals surface area contributed by atoms with Crippen molar-refractivity contribution in [2.45, 2.75) is 19.4 Å². The quantitative estimate of drug-likeness (QED) is 0.732. The zero-order valence-corrected chi connectivity index (χ0v) is 13.9. The predicted octanol–water partition coefficient (Wildman–Crippen LogP) is 2.92. The number of benzene rings is 1. The molecule has 2 aromatic heterocycles. The van der Waals surface area contributed by atoms with Crippen molar-refractivity contribution in [1.82, 2.24) is 20.0 Å². The molecule has 0 amide bonds. The van der Waals surface area contributed by atoms with Gasteiger partial charge in [0.1, 0.15) is 5.69 Å². The van der Waals surface area contributed by atoms with E-state index >= 15 is 0 Å². The number of thiazole rings is 1. The highest BCUT2D eigenvalue weighted by atomic mass is 32.1. The number of nitrogens with zero attached hydrogens (tertiary/aromatic N) is 6. The van der Waals surface area contributed by atoms with Crippen LogP contribution in [0.1, 0.15) is 24.1 Å². The normalized spacial score (nSPS) is 14.0. The summed E-state index contributed by atoms with van der Waals surface area (Å²) >= 11 is 1.69. The third kappa shape index (κ3) is 3.01. The lowest BCUT2D eigenvalue weighted by Gasteiger charge is -2.12. The maximum absolute atomic E-state index is 9.00. The van der Waals surface area contributed by atoms with Crippen LogP contribution in [0.2, 0.25) is 0 Å². The molecule has 120 valence electrons. The van der Waals surface area contributed by atoms with E-state index in [1.165, 1.54) is 12.8 Å². The van der Waals surface area contributed by atoms with Gasteiger partial charge in [0.15, 0.2) is 5.13 Å². The summed E-state index contributed by atoms with van der Waals surface area (Å²) in [6.45, 7) is 2.82. The van der Waals surface area contributed by atoms with Crippen LogP contribution in [0.5, 0.6) is 0 Å². The standard InChI is InChI=1S/C17H16N6S/c18-9-13-4-3-5-14(8-13)16-11-23(21-20-16)10-15-12-24-17(19-15)22-6-1-2-7-22/h3-5,8,11-12H,1-2,6-7,10H2. The predicted molar refractivity (Wildman–Crippen MR) is 92.8 cm³/mol. The minimum atomic E-state index is 0.606. The van der Waals surface area contributed by atoms with Gasteiger partial charge in [-0.3, -0.25) is 0 Å². The van der Waals surface area contributed by atoms with Crippen molar-refractivity contribution in [3.05, 3.63) is 47.1 Å². The van der Waals surface area contributed by atoms with Gasteiger partial charge in [-0.15, -0.1) is 16.4 Å². The molecule has 0 saturated carbocycles. The van der Waals surface area contributed by atoms with Gasteiger partial charge in [0.25, 0.3) is 0 Å². The minimum Gasteiger partial charge on any atom is -0.348 e. The van der Waals surface area contributed by atoms with Crippen molar-refractivity contribution < 1.29 is 0 Å². The van der Waals surface area contributed by atoms with Crippen LogP contribution in [0.25, 0.3) is 11.3 Å². The molecular weight excluding hydrogens is 320 g/mol. The zero-order chi connectivity index (χ0) is 16.4. The molecule has 3 heterocycles. The Balaban J connectivity index is 1.50. The number of hydrogen-bond donors (Lipinski definition) is 0. The summed E-state index contributed by atoms with van der Waals surface area (Å²) in [4.78, 5) is 7.05. The van der Waals surface area contributed by atoms with E-state index in [1.54, 1.807) is 22.1 Å². The van der Waals surface area contributed by atoms with Crippen LogP contribution < -0.4 is 4.90 Å². The molecule has 0 spiro atoms. The third-order valence-electron chi connectivity index (χ3n) is 4.07. The van der Waals surface area contributed by atoms with Gasteiger partial charge in [0.2, 0.25) is 0 Å².